The molecule has 5 nitrogen and oxygen atoms in total. The number of fused-ring (bicyclic) bond motifs is 2. The summed E-state index contributed by atoms with van der Waals surface area (Å²) in [6.45, 7) is 5.46. The smallest absolute Gasteiger partial charge is 0.407 e. The first-order chi connectivity index (χ1) is 12.2. The lowest BCUT2D eigenvalue weighted by atomic mass is 9.72. The number of ether oxygens (including phenoxy) is 1. The van der Waals surface area contributed by atoms with Crippen LogP contribution in [-0.2, 0) is 11.2 Å². The number of likely N-dealkylation sites (tertiary alicyclic amines) is 1. The molecule has 5 heteroatoms. The monoisotopic (exact) mass is 339 g/mol. The Kier molecular flexibility index (Phi) is 4.25. The van der Waals surface area contributed by atoms with Crippen LogP contribution in [-0.4, -0.2) is 48.8 Å². The van der Waals surface area contributed by atoms with Gasteiger partial charge >= 0.3 is 6.09 Å². The summed E-state index contributed by atoms with van der Waals surface area (Å²) < 4.78 is 5.01. The van der Waals surface area contributed by atoms with Gasteiger partial charge in [-0.3, -0.25) is 0 Å². The molecule has 2 N–H and O–H groups in total. The Morgan fingerprint density at radius 2 is 2.40 bits per heavy atom. The Labute approximate surface area is 148 Å². The van der Waals surface area contributed by atoms with Crippen molar-refractivity contribution in [1.82, 2.24) is 15.2 Å². The number of carbonyl (C=O) groups is 1. The Bertz CT molecular complexity index is 797. The molecule has 132 valence electrons. The van der Waals surface area contributed by atoms with Gasteiger partial charge in [-0.25, -0.2) is 4.79 Å². The number of aromatic nitrogens is 1. The average Bonchev–Trinajstić information content (AvgIpc) is 3.03. The van der Waals surface area contributed by atoms with E-state index in [1.807, 2.05) is 0 Å². The number of aromatic amines is 1. The van der Waals surface area contributed by atoms with Gasteiger partial charge in [0.2, 0.25) is 0 Å². The summed E-state index contributed by atoms with van der Waals surface area (Å²) in [5.41, 5.74) is 4.13. The van der Waals surface area contributed by atoms with Gasteiger partial charge in [0.1, 0.15) is 6.61 Å². The number of nitrogens with one attached hydrogen (secondary N) is 2. The SMILES string of the molecule is C=CCOC(=O)NC[C@@H]1CC2c3cccc4[nH]cc(c34)C[C@H]2N(C)C1. The summed E-state index contributed by atoms with van der Waals surface area (Å²) in [4.78, 5) is 17.6. The van der Waals surface area contributed by atoms with E-state index in [1.54, 1.807) is 6.08 Å². The van der Waals surface area contributed by atoms with Crippen LogP contribution >= 0.6 is 0 Å². The minimum absolute atomic E-state index is 0.249. The van der Waals surface area contributed by atoms with Crippen molar-refractivity contribution in [2.24, 2.45) is 5.92 Å². The highest BCUT2D eigenvalue weighted by atomic mass is 16.5. The summed E-state index contributed by atoms with van der Waals surface area (Å²) in [6.07, 6.45) is 5.58. The van der Waals surface area contributed by atoms with Gasteiger partial charge in [-0.2, -0.15) is 0 Å². The normalized spacial score (nSPS) is 25.4. The van der Waals surface area contributed by atoms with Crippen LogP contribution in [0.4, 0.5) is 4.79 Å². The molecule has 1 amide bonds. The number of nitrogens with zero attached hydrogens (tertiary/aromatic N) is 1. The van der Waals surface area contributed by atoms with Crippen LogP contribution in [0, 0.1) is 5.92 Å². The van der Waals surface area contributed by atoms with Crippen molar-refractivity contribution in [3.63, 3.8) is 0 Å². The molecule has 2 aliphatic rings. The molecule has 1 aliphatic carbocycles. The predicted octanol–water partition coefficient (Wildman–Crippen LogP) is 3.04. The van der Waals surface area contributed by atoms with Gasteiger partial charge in [0.25, 0.3) is 0 Å². The minimum Gasteiger partial charge on any atom is -0.445 e. The largest absolute Gasteiger partial charge is 0.445 e. The van der Waals surface area contributed by atoms with Crippen molar-refractivity contribution in [2.45, 2.75) is 24.8 Å². The fourth-order valence-electron chi connectivity index (χ4n) is 4.62. The van der Waals surface area contributed by atoms with Crippen molar-refractivity contribution >= 4 is 17.0 Å². The zero-order valence-corrected chi connectivity index (χ0v) is 14.6. The molecular weight excluding hydrogens is 314 g/mol. The number of piperidine rings is 1. The first-order valence-electron chi connectivity index (χ1n) is 8.98. The van der Waals surface area contributed by atoms with Gasteiger partial charge in [-0.05, 0) is 43.0 Å². The van der Waals surface area contributed by atoms with Crippen molar-refractivity contribution in [3.05, 3.63) is 48.2 Å². The molecule has 1 saturated heterocycles. The zero-order valence-electron chi connectivity index (χ0n) is 14.6. The molecule has 1 aromatic carbocycles. The Morgan fingerprint density at radius 3 is 3.24 bits per heavy atom. The molecule has 0 spiro atoms. The molecule has 1 unspecified atom stereocenters. The maximum atomic E-state index is 11.7. The van der Waals surface area contributed by atoms with E-state index in [1.165, 1.54) is 22.0 Å². The van der Waals surface area contributed by atoms with E-state index in [2.05, 4.69) is 53.2 Å². The minimum atomic E-state index is -0.358. The number of alkyl carbamates (subject to hydrolysis) is 1. The Hall–Kier alpha value is -2.27. The number of benzene rings is 1. The predicted molar refractivity (Wildman–Crippen MR) is 98.8 cm³/mol. The van der Waals surface area contributed by atoms with Crippen molar-refractivity contribution in [1.29, 1.82) is 0 Å². The third-order valence-electron chi connectivity index (χ3n) is 5.68. The summed E-state index contributed by atoms with van der Waals surface area (Å²) in [5.74, 6) is 0.944. The topological polar surface area (TPSA) is 57.4 Å². The molecule has 0 radical (unpaired) electrons. The van der Waals surface area contributed by atoms with E-state index in [0.717, 1.165) is 19.4 Å². The van der Waals surface area contributed by atoms with E-state index in [0.29, 0.717) is 24.4 Å². The third kappa shape index (κ3) is 2.93. The molecule has 2 heterocycles. The maximum Gasteiger partial charge on any atom is 0.407 e. The van der Waals surface area contributed by atoms with E-state index in [9.17, 15) is 4.79 Å². The summed E-state index contributed by atoms with van der Waals surface area (Å²) >= 11 is 0. The molecule has 0 bridgehead atoms. The molecule has 1 aromatic heterocycles. The van der Waals surface area contributed by atoms with Gasteiger partial charge < -0.3 is 19.9 Å². The molecule has 0 saturated carbocycles. The summed E-state index contributed by atoms with van der Waals surface area (Å²) in [6, 6.07) is 7.12. The first kappa shape index (κ1) is 16.2. The van der Waals surface area contributed by atoms with Gasteiger partial charge in [0.15, 0.2) is 0 Å². The van der Waals surface area contributed by atoms with Crippen molar-refractivity contribution < 1.29 is 9.53 Å². The van der Waals surface area contributed by atoms with Crippen LogP contribution in [0.3, 0.4) is 0 Å². The maximum absolute atomic E-state index is 11.7. The highest BCUT2D eigenvalue weighted by Gasteiger charge is 2.39. The van der Waals surface area contributed by atoms with Crippen LogP contribution < -0.4 is 5.32 Å². The lowest BCUT2D eigenvalue weighted by Crippen LogP contribution is -2.50. The second-order valence-corrected chi connectivity index (χ2v) is 7.27. The highest BCUT2D eigenvalue weighted by molar-refractivity contribution is 5.88. The van der Waals surface area contributed by atoms with Crippen LogP contribution in [0.1, 0.15) is 23.5 Å². The zero-order chi connectivity index (χ0) is 17.4. The highest BCUT2D eigenvalue weighted by Crippen LogP contribution is 2.44. The Morgan fingerprint density at radius 1 is 1.52 bits per heavy atom. The fraction of sp³-hybridized carbons (Fsp3) is 0.450. The van der Waals surface area contributed by atoms with Crippen LogP contribution in [0.5, 0.6) is 0 Å². The molecule has 1 aliphatic heterocycles. The fourth-order valence-corrected chi connectivity index (χ4v) is 4.62. The van der Waals surface area contributed by atoms with Crippen molar-refractivity contribution in [3.8, 4) is 0 Å². The number of hydrogen-bond donors (Lipinski definition) is 2. The van der Waals surface area contributed by atoms with Crippen LogP contribution in [0.15, 0.2) is 37.1 Å². The standard InChI is InChI=1S/C20H25N3O2/c1-3-7-25-20(24)22-10-13-8-16-15-5-4-6-17-19(15)14(11-21-17)9-18(16)23(2)12-13/h3-6,11,13,16,18,21H,1,7-10,12H2,2H3,(H,22,24)/t13-,16?,18+/m0/s1. The number of amides is 1. The number of hydrogen-bond acceptors (Lipinski definition) is 3. The van der Waals surface area contributed by atoms with Crippen molar-refractivity contribution in [2.75, 3.05) is 26.7 Å². The van der Waals surface area contributed by atoms with E-state index in [-0.39, 0.29) is 12.7 Å². The quantitative estimate of drug-likeness (QED) is 0.842. The lowest BCUT2D eigenvalue weighted by molar-refractivity contribution is 0.107. The number of likely N-dealkylation sites (N-methyl/N-ethyl adjacent to an activating group) is 1. The average molecular weight is 339 g/mol. The molecular formula is C20H25N3O2. The Balaban J connectivity index is 1.51. The molecule has 3 atom stereocenters. The first-order valence-corrected chi connectivity index (χ1v) is 8.98. The number of rotatable bonds is 4. The lowest BCUT2D eigenvalue weighted by Gasteiger charge is -2.45. The number of carbonyl (C=O) groups excluding carboxylic acids is 1. The van der Waals surface area contributed by atoms with Gasteiger partial charge in [-0.1, -0.05) is 24.8 Å². The van der Waals surface area contributed by atoms with Gasteiger partial charge in [0.05, 0.1) is 0 Å². The third-order valence-corrected chi connectivity index (χ3v) is 5.68. The van der Waals surface area contributed by atoms with E-state index < -0.39 is 0 Å². The van der Waals surface area contributed by atoms with Crippen LogP contribution in [0.25, 0.3) is 10.9 Å². The second kappa shape index (κ2) is 6.56. The second-order valence-electron chi connectivity index (χ2n) is 7.27. The molecule has 4 rings (SSSR count). The molecule has 25 heavy (non-hydrogen) atoms. The molecule has 2 aromatic rings. The van der Waals surface area contributed by atoms with E-state index >= 15 is 0 Å². The van der Waals surface area contributed by atoms with Gasteiger partial charge in [-0.15, -0.1) is 0 Å². The van der Waals surface area contributed by atoms with Gasteiger partial charge in [0, 0.05) is 42.1 Å². The molecule has 1 fully saturated rings. The summed E-state index contributed by atoms with van der Waals surface area (Å²) in [7, 11) is 2.21. The van der Waals surface area contributed by atoms with Crippen LogP contribution in [0.2, 0.25) is 0 Å². The van der Waals surface area contributed by atoms with E-state index in [4.69, 9.17) is 4.74 Å². The summed E-state index contributed by atoms with van der Waals surface area (Å²) in [5, 5.41) is 4.31. The number of H-pyrrole nitrogens is 1.